The van der Waals surface area contributed by atoms with Gasteiger partial charge in [-0.25, -0.2) is 4.98 Å². The van der Waals surface area contributed by atoms with Crippen LogP contribution in [0.5, 0.6) is 0 Å². The molecular weight excluding hydrogens is 311 g/mol. The largest absolute Gasteiger partial charge is 0.302 e. The lowest BCUT2D eigenvalue weighted by molar-refractivity contribution is 0.322. The van der Waals surface area contributed by atoms with Gasteiger partial charge in [-0.1, -0.05) is 29.8 Å². The molecule has 0 aliphatic carbocycles. The number of aromatic nitrogens is 1. The molecule has 0 aliphatic heterocycles. The van der Waals surface area contributed by atoms with Gasteiger partial charge in [0.1, 0.15) is 0 Å². The molecule has 0 radical (unpaired) electrons. The molecule has 1 heterocycles. The third kappa shape index (κ3) is 4.74. The van der Waals surface area contributed by atoms with E-state index in [1.807, 2.05) is 23.6 Å². The predicted molar refractivity (Wildman–Crippen MR) is 87.8 cm³/mol. The van der Waals surface area contributed by atoms with E-state index >= 15 is 0 Å². The molecule has 0 spiro atoms. The SMILES string of the molecule is CN(CCCc1nc(CCl)cs1)Cc1ccccc1Cl. The highest BCUT2D eigenvalue weighted by molar-refractivity contribution is 7.09. The number of aryl methyl sites for hydroxylation is 1. The number of nitrogens with zero attached hydrogens (tertiary/aromatic N) is 2. The highest BCUT2D eigenvalue weighted by Gasteiger charge is 2.05. The van der Waals surface area contributed by atoms with Crippen molar-refractivity contribution in [2.75, 3.05) is 13.6 Å². The average Bonchev–Trinajstić information content (AvgIpc) is 2.89. The Hall–Kier alpha value is -0.610. The first-order valence-corrected chi connectivity index (χ1v) is 8.39. The molecule has 5 heteroatoms. The zero-order chi connectivity index (χ0) is 14.4. The van der Waals surface area contributed by atoms with Gasteiger partial charge in [0, 0.05) is 23.4 Å². The highest BCUT2D eigenvalue weighted by Crippen LogP contribution is 2.17. The lowest BCUT2D eigenvalue weighted by Crippen LogP contribution is -2.19. The molecule has 2 aromatic rings. The zero-order valence-electron chi connectivity index (χ0n) is 11.5. The number of halogens is 2. The van der Waals surface area contributed by atoms with Crippen LogP contribution in [-0.4, -0.2) is 23.5 Å². The Morgan fingerprint density at radius 2 is 2.10 bits per heavy atom. The van der Waals surface area contributed by atoms with Gasteiger partial charge in [0.15, 0.2) is 0 Å². The Bertz CT molecular complexity index is 542. The molecule has 0 unspecified atom stereocenters. The molecule has 0 amide bonds. The number of hydrogen-bond acceptors (Lipinski definition) is 3. The summed E-state index contributed by atoms with van der Waals surface area (Å²) in [7, 11) is 2.12. The monoisotopic (exact) mass is 328 g/mol. The van der Waals surface area contributed by atoms with Crippen LogP contribution < -0.4 is 0 Å². The molecule has 0 saturated carbocycles. The summed E-state index contributed by atoms with van der Waals surface area (Å²) < 4.78 is 0. The van der Waals surface area contributed by atoms with Crippen LogP contribution in [-0.2, 0) is 18.8 Å². The van der Waals surface area contributed by atoms with Gasteiger partial charge in [0.2, 0.25) is 0 Å². The van der Waals surface area contributed by atoms with Gasteiger partial charge in [-0.15, -0.1) is 22.9 Å². The predicted octanol–water partition coefficient (Wildman–Crippen LogP) is 4.60. The third-order valence-corrected chi connectivity index (χ3v) is 4.66. The highest BCUT2D eigenvalue weighted by atomic mass is 35.5. The summed E-state index contributed by atoms with van der Waals surface area (Å²) in [6.07, 6.45) is 2.10. The maximum Gasteiger partial charge on any atom is 0.0929 e. The van der Waals surface area contributed by atoms with E-state index in [2.05, 4.69) is 23.0 Å². The Kier molecular flexibility index (Phi) is 6.30. The normalized spacial score (nSPS) is 11.2. The second-order valence-electron chi connectivity index (χ2n) is 4.80. The quantitative estimate of drug-likeness (QED) is 0.690. The van der Waals surface area contributed by atoms with Crippen molar-refractivity contribution < 1.29 is 0 Å². The van der Waals surface area contributed by atoms with Crippen molar-refractivity contribution in [3.63, 3.8) is 0 Å². The first-order chi connectivity index (χ1) is 9.69. The van der Waals surface area contributed by atoms with Crippen molar-refractivity contribution in [1.82, 2.24) is 9.88 Å². The molecule has 0 saturated heterocycles. The van der Waals surface area contributed by atoms with Gasteiger partial charge in [-0.3, -0.25) is 0 Å². The van der Waals surface area contributed by atoms with Crippen molar-refractivity contribution in [3.8, 4) is 0 Å². The van der Waals surface area contributed by atoms with Crippen molar-refractivity contribution >= 4 is 34.5 Å². The summed E-state index contributed by atoms with van der Waals surface area (Å²) in [4.78, 5) is 6.76. The van der Waals surface area contributed by atoms with Crippen LogP contribution in [0, 0.1) is 0 Å². The van der Waals surface area contributed by atoms with E-state index in [0.29, 0.717) is 5.88 Å². The molecule has 0 fully saturated rings. The second-order valence-corrected chi connectivity index (χ2v) is 6.42. The molecule has 0 N–H and O–H groups in total. The van der Waals surface area contributed by atoms with E-state index in [4.69, 9.17) is 23.2 Å². The van der Waals surface area contributed by atoms with E-state index in [1.165, 1.54) is 10.6 Å². The summed E-state index contributed by atoms with van der Waals surface area (Å²) in [6, 6.07) is 8.00. The van der Waals surface area contributed by atoms with Crippen LogP contribution in [0.3, 0.4) is 0 Å². The summed E-state index contributed by atoms with van der Waals surface area (Å²) >= 11 is 13.6. The van der Waals surface area contributed by atoms with Crippen molar-refractivity contribution in [2.24, 2.45) is 0 Å². The van der Waals surface area contributed by atoms with Gasteiger partial charge in [0.05, 0.1) is 16.6 Å². The van der Waals surface area contributed by atoms with E-state index < -0.39 is 0 Å². The van der Waals surface area contributed by atoms with Crippen LogP contribution in [0.25, 0.3) is 0 Å². The third-order valence-electron chi connectivity index (χ3n) is 3.06. The number of rotatable bonds is 7. The van der Waals surface area contributed by atoms with Gasteiger partial charge in [-0.05, 0) is 31.6 Å². The van der Waals surface area contributed by atoms with Gasteiger partial charge in [0.25, 0.3) is 0 Å². The molecule has 2 rings (SSSR count). The minimum Gasteiger partial charge on any atom is -0.302 e. The lowest BCUT2D eigenvalue weighted by atomic mass is 10.2. The summed E-state index contributed by atoms with van der Waals surface area (Å²) in [5, 5.41) is 4.05. The standard InChI is InChI=1S/C15H18Cl2N2S/c1-19(10-12-5-2-3-6-14(12)17)8-4-7-15-18-13(9-16)11-20-15/h2-3,5-6,11H,4,7-10H2,1H3. The molecule has 1 aromatic heterocycles. The number of benzene rings is 1. The van der Waals surface area contributed by atoms with E-state index in [9.17, 15) is 0 Å². The fourth-order valence-electron chi connectivity index (χ4n) is 2.02. The first-order valence-electron chi connectivity index (χ1n) is 6.60. The summed E-state index contributed by atoms with van der Waals surface area (Å²) in [6.45, 7) is 1.91. The van der Waals surface area contributed by atoms with Gasteiger partial charge < -0.3 is 4.90 Å². The fraction of sp³-hybridized carbons (Fsp3) is 0.400. The molecule has 0 aliphatic rings. The zero-order valence-corrected chi connectivity index (χ0v) is 13.8. The van der Waals surface area contributed by atoms with Crippen LogP contribution in [0.15, 0.2) is 29.6 Å². The topological polar surface area (TPSA) is 16.1 Å². The van der Waals surface area contributed by atoms with Gasteiger partial charge >= 0.3 is 0 Å². The smallest absolute Gasteiger partial charge is 0.0929 e. The average molecular weight is 329 g/mol. The maximum absolute atomic E-state index is 6.17. The van der Waals surface area contributed by atoms with Crippen LogP contribution in [0.2, 0.25) is 5.02 Å². The second kappa shape index (κ2) is 7.99. The van der Waals surface area contributed by atoms with E-state index in [1.54, 1.807) is 11.3 Å². The molecule has 0 bridgehead atoms. The Morgan fingerprint density at radius 1 is 1.30 bits per heavy atom. The molecule has 0 atom stereocenters. The van der Waals surface area contributed by atoms with Crippen molar-refractivity contribution in [1.29, 1.82) is 0 Å². The number of thiazole rings is 1. The van der Waals surface area contributed by atoms with E-state index in [-0.39, 0.29) is 0 Å². The Morgan fingerprint density at radius 3 is 2.80 bits per heavy atom. The first kappa shape index (κ1) is 15.8. The summed E-state index contributed by atoms with van der Waals surface area (Å²) in [5.74, 6) is 0.503. The number of alkyl halides is 1. The summed E-state index contributed by atoms with van der Waals surface area (Å²) in [5.41, 5.74) is 2.16. The molecule has 2 nitrogen and oxygen atoms in total. The Balaban J connectivity index is 1.75. The van der Waals surface area contributed by atoms with Crippen LogP contribution >= 0.6 is 34.5 Å². The van der Waals surface area contributed by atoms with Gasteiger partial charge in [-0.2, -0.15) is 0 Å². The Labute approximate surface area is 134 Å². The van der Waals surface area contributed by atoms with Crippen molar-refractivity contribution in [2.45, 2.75) is 25.3 Å². The molecule has 108 valence electrons. The lowest BCUT2D eigenvalue weighted by Gasteiger charge is -2.17. The fourth-order valence-corrected chi connectivity index (χ4v) is 3.29. The maximum atomic E-state index is 6.17. The number of hydrogen-bond donors (Lipinski definition) is 0. The van der Waals surface area contributed by atoms with Crippen molar-refractivity contribution in [3.05, 3.63) is 50.9 Å². The molecule has 1 aromatic carbocycles. The minimum atomic E-state index is 0.503. The minimum absolute atomic E-state index is 0.503. The van der Waals surface area contributed by atoms with Crippen LogP contribution in [0.4, 0.5) is 0 Å². The van der Waals surface area contributed by atoms with Crippen LogP contribution in [0.1, 0.15) is 22.7 Å². The molecule has 20 heavy (non-hydrogen) atoms. The molecular formula is C15H18Cl2N2S. The van der Waals surface area contributed by atoms with E-state index in [0.717, 1.165) is 36.6 Å².